The van der Waals surface area contributed by atoms with Gasteiger partial charge in [-0.15, -0.1) is 11.3 Å². The summed E-state index contributed by atoms with van der Waals surface area (Å²) in [6.45, 7) is 7.88. The zero-order valence-corrected chi connectivity index (χ0v) is 14.5. The van der Waals surface area contributed by atoms with Crippen LogP contribution in [0, 0.1) is 6.92 Å². The van der Waals surface area contributed by atoms with Crippen LogP contribution in [-0.2, 0) is 0 Å². The molecule has 0 aliphatic carbocycles. The molecule has 108 valence electrons. The second kappa shape index (κ2) is 7.25. The summed E-state index contributed by atoms with van der Waals surface area (Å²) in [7, 11) is 0. The summed E-state index contributed by atoms with van der Waals surface area (Å²) >= 11 is 5.50. The van der Waals surface area contributed by atoms with Crippen LogP contribution >= 0.6 is 27.3 Å². The molecule has 2 nitrogen and oxygen atoms in total. The Morgan fingerprint density at radius 2 is 2.05 bits per heavy atom. The highest BCUT2D eigenvalue weighted by Crippen LogP contribution is 2.38. The van der Waals surface area contributed by atoms with Gasteiger partial charge in [-0.25, -0.2) is 0 Å². The third-order valence-electron chi connectivity index (χ3n) is 3.04. The number of nitrogens with one attached hydrogen (secondary N) is 1. The van der Waals surface area contributed by atoms with E-state index in [4.69, 9.17) is 4.74 Å². The second-order valence-corrected chi connectivity index (χ2v) is 6.67. The lowest BCUT2D eigenvalue weighted by atomic mass is 10.0. The predicted molar refractivity (Wildman–Crippen MR) is 89.9 cm³/mol. The fourth-order valence-corrected chi connectivity index (χ4v) is 4.23. The van der Waals surface area contributed by atoms with Gasteiger partial charge in [0, 0.05) is 19.8 Å². The molecule has 0 saturated carbocycles. The molecule has 0 saturated heterocycles. The molecule has 0 radical (unpaired) electrons. The third-order valence-corrected chi connectivity index (χ3v) is 5.07. The van der Waals surface area contributed by atoms with Crippen molar-refractivity contribution in [2.75, 3.05) is 13.2 Å². The van der Waals surface area contributed by atoms with Crippen LogP contribution in [0.2, 0.25) is 0 Å². The second-order valence-electron chi connectivity index (χ2n) is 4.53. The van der Waals surface area contributed by atoms with Crippen LogP contribution in [0.1, 0.15) is 35.2 Å². The first-order chi connectivity index (χ1) is 9.67. The van der Waals surface area contributed by atoms with Crippen LogP contribution < -0.4 is 10.1 Å². The number of halogens is 1. The van der Waals surface area contributed by atoms with Crippen LogP contribution in [0.25, 0.3) is 0 Å². The average molecular weight is 354 g/mol. The number of hydrogen-bond acceptors (Lipinski definition) is 3. The lowest BCUT2D eigenvalue weighted by molar-refractivity contribution is 0.334. The number of para-hydroxylation sites is 1. The van der Waals surface area contributed by atoms with E-state index in [-0.39, 0.29) is 6.04 Å². The Labute approximate surface area is 133 Å². The minimum atomic E-state index is 0.163. The SMILES string of the molecule is CCNC(c1ccccc1OCC)c1sc(C)cc1Br. The zero-order chi connectivity index (χ0) is 14.5. The highest BCUT2D eigenvalue weighted by atomic mass is 79.9. The number of benzene rings is 1. The van der Waals surface area contributed by atoms with Crippen LogP contribution in [0.3, 0.4) is 0 Å². The van der Waals surface area contributed by atoms with Crippen LogP contribution in [0.5, 0.6) is 5.75 Å². The molecule has 1 N–H and O–H groups in total. The van der Waals surface area contributed by atoms with Crippen molar-refractivity contribution in [3.63, 3.8) is 0 Å². The first-order valence-electron chi connectivity index (χ1n) is 6.88. The van der Waals surface area contributed by atoms with Crippen molar-refractivity contribution in [3.8, 4) is 5.75 Å². The van der Waals surface area contributed by atoms with Crippen molar-refractivity contribution in [1.29, 1.82) is 0 Å². The lowest BCUT2D eigenvalue weighted by Gasteiger charge is -2.20. The van der Waals surface area contributed by atoms with E-state index in [0.29, 0.717) is 6.61 Å². The Morgan fingerprint density at radius 3 is 2.65 bits per heavy atom. The van der Waals surface area contributed by atoms with Gasteiger partial charge in [-0.2, -0.15) is 0 Å². The smallest absolute Gasteiger partial charge is 0.124 e. The predicted octanol–water partition coefficient (Wildman–Crippen LogP) is 4.92. The van der Waals surface area contributed by atoms with Gasteiger partial charge in [0.2, 0.25) is 0 Å². The Hall–Kier alpha value is -0.840. The van der Waals surface area contributed by atoms with E-state index in [1.807, 2.05) is 30.4 Å². The fourth-order valence-electron chi connectivity index (χ4n) is 2.25. The number of rotatable bonds is 6. The molecule has 0 aliphatic rings. The molecule has 1 heterocycles. The molecule has 0 fully saturated rings. The van der Waals surface area contributed by atoms with E-state index in [1.165, 1.54) is 15.3 Å². The molecule has 1 aromatic heterocycles. The molecular weight excluding hydrogens is 334 g/mol. The first kappa shape index (κ1) is 15.5. The van der Waals surface area contributed by atoms with Crippen molar-refractivity contribution in [2.45, 2.75) is 26.8 Å². The molecule has 2 rings (SSSR count). The zero-order valence-electron chi connectivity index (χ0n) is 12.1. The normalized spacial score (nSPS) is 12.4. The average Bonchev–Trinajstić information content (AvgIpc) is 2.76. The van der Waals surface area contributed by atoms with Crippen LogP contribution in [0.4, 0.5) is 0 Å². The Bertz CT molecular complexity index is 567. The molecule has 0 bridgehead atoms. The van der Waals surface area contributed by atoms with E-state index in [1.54, 1.807) is 0 Å². The monoisotopic (exact) mass is 353 g/mol. The standard InChI is InChI=1S/C16H20BrNOS/c1-4-18-15(16-13(17)10-11(3)20-16)12-8-6-7-9-14(12)19-5-2/h6-10,15,18H,4-5H2,1-3H3. The molecule has 0 amide bonds. The van der Waals surface area contributed by atoms with Gasteiger partial charge < -0.3 is 10.1 Å². The molecule has 1 atom stereocenters. The maximum Gasteiger partial charge on any atom is 0.124 e. The summed E-state index contributed by atoms with van der Waals surface area (Å²) in [5, 5.41) is 3.57. The largest absolute Gasteiger partial charge is 0.494 e. The van der Waals surface area contributed by atoms with Crippen LogP contribution in [-0.4, -0.2) is 13.2 Å². The molecule has 1 aromatic carbocycles. The van der Waals surface area contributed by atoms with Crippen LogP contribution in [0.15, 0.2) is 34.8 Å². The summed E-state index contributed by atoms with van der Waals surface area (Å²) in [5.74, 6) is 0.957. The van der Waals surface area contributed by atoms with Crippen molar-refractivity contribution >= 4 is 27.3 Å². The maximum absolute atomic E-state index is 5.78. The molecule has 20 heavy (non-hydrogen) atoms. The summed E-state index contributed by atoms with van der Waals surface area (Å²) in [5.41, 5.74) is 1.19. The summed E-state index contributed by atoms with van der Waals surface area (Å²) < 4.78 is 6.95. The molecule has 0 spiro atoms. The topological polar surface area (TPSA) is 21.3 Å². The van der Waals surface area contributed by atoms with Gasteiger partial charge in [0.05, 0.1) is 12.6 Å². The molecular formula is C16H20BrNOS. The molecule has 0 aliphatic heterocycles. The Balaban J connectivity index is 2.45. The third kappa shape index (κ3) is 3.43. The van der Waals surface area contributed by atoms with E-state index in [0.717, 1.165) is 16.8 Å². The number of aryl methyl sites for hydroxylation is 1. The summed E-state index contributed by atoms with van der Waals surface area (Å²) in [6.07, 6.45) is 0. The van der Waals surface area contributed by atoms with Gasteiger partial charge in [-0.3, -0.25) is 0 Å². The van der Waals surface area contributed by atoms with E-state index in [2.05, 4.69) is 53.3 Å². The highest BCUT2D eigenvalue weighted by Gasteiger charge is 2.21. The number of hydrogen-bond donors (Lipinski definition) is 1. The quantitative estimate of drug-likeness (QED) is 0.795. The summed E-state index contributed by atoms with van der Waals surface area (Å²) in [6, 6.07) is 10.6. The van der Waals surface area contributed by atoms with E-state index in [9.17, 15) is 0 Å². The maximum atomic E-state index is 5.78. The molecule has 1 unspecified atom stereocenters. The Morgan fingerprint density at radius 1 is 1.30 bits per heavy atom. The van der Waals surface area contributed by atoms with Gasteiger partial charge in [-0.1, -0.05) is 25.1 Å². The molecule has 4 heteroatoms. The van der Waals surface area contributed by atoms with E-state index < -0.39 is 0 Å². The highest BCUT2D eigenvalue weighted by molar-refractivity contribution is 9.10. The van der Waals surface area contributed by atoms with Crippen molar-refractivity contribution in [2.24, 2.45) is 0 Å². The summed E-state index contributed by atoms with van der Waals surface area (Å²) in [4.78, 5) is 2.61. The van der Waals surface area contributed by atoms with Gasteiger partial charge in [0.25, 0.3) is 0 Å². The van der Waals surface area contributed by atoms with Gasteiger partial charge in [-0.05, 0) is 48.5 Å². The van der Waals surface area contributed by atoms with Gasteiger partial charge in [0.1, 0.15) is 5.75 Å². The van der Waals surface area contributed by atoms with Gasteiger partial charge in [0.15, 0.2) is 0 Å². The van der Waals surface area contributed by atoms with Crippen molar-refractivity contribution in [3.05, 3.63) is 50.1 Å². The van der Waals surface area contributed by atoms with Crippen molar-refractivity contribution in [1.82, 2.24) is 5.32 Å². The minimum absolute atomic E-state index is 0.163. The fraction of sp³-hybridized carbons (Fsp3) is 0.375. The number of ether oxygens (including phenoxy) is 1. The molecule has 2 aromatic rings. The van der Waals surface area contributed by atoms with E-state index >= 15 is 0 Å². The van der Waals surface area contributed by atoms with Crippen molar-refractivity contribution < 1.29 is 4.74 Å². The lowest BCUT2D eigenvalue weighted by Crippen LogP contribution is -2.22. The minimum Gasteiger partial charge on any atom is -0.494 e. The number of thiophene rings is 1. The van der Waals surface area contributed by atoms with Gasteiger partial charge >= 0.3 is 0 Å². The Kier molecular flexibility index (Phi) is 5.64. The first-order valence-corrected chi connectivity index (χ1v) is 8.49.